The minimum Gasteiger partial charge on any atom is -0.491 e. The van der Waals surface area contributed by atoms with E-state index in [9.17, 15) is 14.4 Å². The Morgan fingerprint density at radius 2 is 1.44 bits per heavy atom. The number of hydrogen-bond acceptors (Lipinski definition) is 6. The van der Waals surface area contributed by atoms with Crippen molar-refractivity contribution in [2.45, 2.75) is 20.0 Å². The molecule has 0 aliphatic heterocycles. The zero-order valence-electron chi connectivity index (χ0n) is 15.6. The van der Waals surface area contributed by atoms with Gasteiger partial charge in [0.05, 0.1) is 37.1 Å². The number of methoxy groups -OCH3 is 2. The zero-order valence-corrected chi connectivity index (χ0v) is 15.6. The van der Waals surface area contributed by atoms with Gasteiger partial charge in [-0.15, -0.1) is 0 Å². The molecule has 0 aliphatic rings. The molecule has 0 bridgehead atoms. The second kappa shape index (κ2) is 8.84. The number of nitrogens with one attached hydrogen (secondary N) is 1. The average molecular weight is 371 g/mol. The molecule has 7 nitrogen and oxygen atoms in total. The van der Waals surface area contributed by atoms with Crippen LogP contribution in [0.1, 0.15) is 44.9 Å². The summed E-state index contributed by atoms with van der Waals surface area (Å²) in [5.74, 6) is -1.03. The minimum absolute atomic E-state index is 0.0216. The van der Waals surface area contributed by atoms with Gasteiger partial charge in [0.2, 0.25) is 0 Å². The van der Waals surface area contributed by atoms with E-state index in [4.69, 9.17) is 9.47 Å². The van der Waals surface area contributed by atoms with Gasteiger partial charge in [-0.25, -0.2) is 9.59 Å². The first-order chi connectivity index (χ1) is 12.8. The van der Waals surface area contributed by atoms with Gasteiger partial charge in [0.1, 0.15) is 5.75 Å². The second-order valence-corrected chi connectivity index (χ2v) is 5.89. The monoisotopic (exact) mass is 371 g/mol. The molecule has 2 rings (SSSR count). The number of hydrogen-bond donors (Lipinski definition) is 1. The molecule has 1 amide bonds. The van der Waals surface area contributed by atoms with Gasteiger partial charge in [0, 0.05) is 5.56 Å². The SMILES string of the molecule is COC(=O)c1ccc(C(=O)OC)c(NC(=O)c2ccc(OC(C)C)cc2)c1. The highest BCUT2D eigenvalue weighted by atomic mass is 16.5. The number of rotatable bonds is 6. The molecule has 142 valence electrons. The van der Waals surface area contributed by atoms with Crippen molar-refractivity contribution < 1.29 is 28.6 Å². The molecule has 7 heteroatoms. The minimum atomic E-state index is -0.637. The fraction of sp³-hybridized carbons (Fsp3) is 0.250. The summed E-state index contributed by atoms with van der Waals surface area (Å²) in [6, 6.07) is 10.8. The molecule has 2 aromatic rings. The highest BCUT2D eigenvalue weighted by Gasteiger charge is 2.18. The van der Waals surface area contributed by atoms with E-state index in [1.807, 2.05) is 13.8 Å². The topological polar surface area (TPSA) is 90.9 Å². The summed E-state index contributed by atoms with van der Waals surface area (Å²) in [7, 11) is 2.48. The van der Waals surface area contributed by atoms with Crippen LogP contribution in [0.15, 0.2) is 42.5 Å². The summed E-state index contributed by atoms with van der Waals surface area (Å²) >= 11 is 0. The van der Waals surface area contributed by atoms with Crippen molar-refractivity contribution in [1.29, 1.82) is 0 Å². The normalized spacial score (nSPS) is 10.3. The van der Waals surface area contributed by atoms with E-state index >= 15 is 0 Å². The van der Waals surface area contributed by atoms with Crippen molar-refractivity contribution in [3.8, 4) is 5.75 Å². The number of carbonyl (C=O) groups excluding carboxylic acids is 3. The van der Waals surface area contributed by atoms with Crippen LogP contribution in [0, 0.1) is 0 Å². The van der Waals surface area contributed by atoms with E-state index in [-0.39, 0.29) is 22.9 Å². The zero-order chi connectivity index (χ0) is 20.0. The molecular formula is C20H21NO6. The van der Waals surface area contributed by atoms with E-state index in [1.54, 1.807) is 24.3 Å². The number of amides is 1. The van der Waals surface area contributed by atoms with Crippen molar-refractivity contribution >= 4 is 23.5 Å². The Morgan fingerprint density at radius 1 is 0.852 bits per heavy atom. The summed E-state index contributed by atoms with van der Waals surface area (Å²) < 4.78 is 14.9. The molecule has 0 aliphatic carbocycles. The van der Waals surface area contributed by atoms with Crippen LogP contribution in [0.2, 0.25) is 0 Å². The molecule has 0 saturated carbocycles. The fourth-order valence-electron chi connectivity index (χ4n) is 2.33. The Kier molecular flexibility index (Phi) is 6.54. The van der Waals surface area contributed by atoms with E-state index in [1.165, 1.54) is 32.4 Å². The molecule has 0 aromatic heterocycles. The molecule has 2 aromatic carbocycles. The van der Waals surface area contributed by atoms with Crippen molar-refractivity contribution in [2.75, 3.05) is 19.5 Å². The van der Waals surface area contributed by atoms with Gasteiger partial charge in [-0.1, -0.05) is 0 Å². The highest BCUT2D eigenvalue weighted by Crippen LogP contribution is 2.21. The maximum atomic E-state index is 12.5. The molecule has 0 fully saturated rings. The van der Waals surface area contributed by atoms with Crippen LogP contribution >= 0.6 is 0 Å². The third-order valence-corrected chi connectivity index (χ3v) is 3.58. The maximum absolute atomic E-state index is 12.5. The lowest BCUT2D eigenvalue weighted by molar-refractivity contribution is 0.0587. The third-order valence-electron chi connectivity index (χ3n) is 3.58. The van der Waals surface area contributed by atoms with Crippen LogP contribution in [0.3, 0.4) is 0 Å². The Morgan fingerprint density at radius 3 is 2.00 bits per heavy atom. The second-order valence-electron chi connectivity index (χ2n) is 5.89. The number of benzene rings is 2. The standard InChI is InChI=1S/C20H21NO6/c1-12(2)27-15-8-5-13(6-9-15)18(22)21-17-11-14(19(23)25-3)7-10-16(17)20(24)26-4/h5-12H,1-4H3,(H,21,22). The van der Waals surface area contributed by atoms with Gasteiger partial charge in [0.15, 0.2) is 0 Å². The van der Waals surface area contributed by atoms with Crippen LogP contribution in [0.25, 0.3) is 0 Å². The van der Waals surface area contributed by atoms with E-state index in [2.05, 4.69) is 10.1 Å². The molecule has 1 N–H and O–H groups in total. The lowest BCUT2D eigenvalue weighted by atomic mass is 10.1. The first kappa shape index (κ1) is 20.0. The number of carbonyl (C=O) groups is 3. The van der Waals surface area contributed by atoms with Crippen LogP contribution in [0.5, 0.6) is 5.75 Å². The van der Waals surface area contributed by atoms with Crippen molar-refractivity contribution in [1.82, 2.24) is 0 Å². The Hall–Kier alpha value is -3.35. The van der Waals surface area contributed by atoms with Gasteiger partial charge in [0.25, 0.3) is 5.91 Å². The Bertz CT molecular complexity index is 842. The fourth-order valence-corrected chi connectivity index (χ4v) is 2.33. The quantitative estimate of drug-likeness (QED) is 0.784. The predicted molar refractivity (Wildman–Crippen MR) is 99.3 cm³/mol. The molecule has 0 atom stereocenters. The Labute approximate surface area is 157 Å². The molecule has 0 spiro atoms. The Balaban J connectivity index is 2.29. The van der Waals surface area contributed by atoms with Crippen LogP contribution in [-0.2, 0) is 9.47 Å². The average Bonchev–Trinajstić information content (AvgIpc) is 2.66. The maximum Gasteiger partial charge on any atom is 0.339 e. The summed E-state index contributed by atoms with van der Waals surface area (Å²) in [4.78, 5) is 36.2. The van der Waals surface area contributed by atoms with E-state index in [0.717, 1.165) is 0 Å². The summed E-state index contributed by atoms with van der Waals surface area (Å²) in [6.07, 6.45) is 0.0216. The smallest absolute Gasteiger partial charge is 0.339 e. The van der Waals surface area contributed by atoms with E-state index in [0.29, 0.717) is 11.3 Å². The number of ether oxygens (including phenoxy) is 3. The van der Waals surface area contributed by atoms with E-state index < -0.39 is 17.8 Å². The van der Waals surface area contributed by atoms with Gasteiger partial charge in [-0.2, -0.15) is 0 Å². The summed E-state index contributed by atoms with van der Waals surface area (Å²) in [5.41, 5.74) is 0.835. The van der Waals surface area contributed by atoms with Crippen LogP contribution in [0.4, 0.5) is 5.69 Å². The van der Waals surface area contributed by atoms with Crippen LogP contribution in [-0.4, -0.2) is 38.2 Å². The van der Waals surface area contributed by atoms with Crippen molar-refractivity contribution in [3.05, 3.63) is 59.2 Å². The largest absolute Gasteiger partial charge is 0.491 e. The van der Waals surface area contributed by atoms with Crippen LogP contribution < -0.4 is 10.1 Å². The van der Waals surface area contributed by atoms with Gasteiger partial charge < -0.3 is 19.5 Å². The molecular weight excluding hydrogens is 350 g/mol. The number of anilines is 1. The highest BCUT2D eigenvalue weighted by molar-refractivity contribution is 6.09. The molecule has 27 heavy (non-hydrogen) atoms. The van der Waals surface area contributed by atoms with Gasteiger partial charge in [-0.05, 0) is 56.3 Å². The lowest BCUT2D eigenvalue weighted by Gasteiger charge is -2.12. The summed E-state index contributed by atoms with van der Waals surface area (Å²) in [6.45, 7) is 3.81. The first-order valence-electron chi connectivity index (χ1n) is 8.24. The summed E-state index contributed by atoms with van der Waals surface area (Å²) in [5, 5.41) is 2.63. The van der Waals surface area contributed by atoms with Gasteiger partial charge >= 0.3 is 11.9 Å². The van der Waals surface area contributed by atoms with Crippen molar-refractivity contribution in [3.63, 3.8) is 0 Å². The molecule has 0 radical (unpaired) electrons. The molecule has 0 saturated heterocycles. The number of esters is 2. The molecule has 0 heterocycles. The van der Waals surface area contributed by atoms with Crippen molar-refractivity contribution in [2.24, 2.45) is 0 Å². The predicted octanol–water partition coefficient (Wildman–Crippen LogP) is 3.30. The molecule has 0 unspecified atom stereocenters. The third kappa shape index (κ3) is 5.07. The first-order valence-corrected chi connectivity index (χ1v) is 8.24. The van der Waals surface area contributed by atoms with Gasteiger partial charge in [-0.3, -0.25) is 4.79 Å². The lowest BCUT2D eigenvalue weighted by Crippen LogP contribution is -2.16.